The maximum Gasteiger partial charge on any atom is 0.0615 e. The van der Waals surface area contributed by atoms with Crippen LogP contribution in [0.15, 0.2) is 0 Å². The van der Waals surface area contributed by atoms with Crippen LogP contribution in [0.5, 0.6) is 0 Å². The van der Waals surface area contributed by atoms with Crippen molar-refractivity contribution in [2.24, 2.45) is 5.92 Å². The number of nitrogens with zero attached hydrogens (tertiary/aromatic N) is 1. The lowest BCUT2D eigenvalue weighted by Gasteiger charge is -2.34. The Morgan fingerprint density at radius 1 is 1.15 bits per heavy atom. The number of hydrogen-bond donors (Lipinski definition) is 1. The Morgan fingerprint density at radius 3 is 2.55 bits per heavy atom. The Hall–Kier alpha value is -0.160. The first-order chi connectivity index (χ1) is 9.72. The Morgan fingerprint density at radius 2 is 1.90 bits per heavy atom. The lowest BCUT2D eigenvalue weighted by Crippen LogP contribution is -2.46. The minimum atomic E-state index is 0.455. The van der Waals surface area contributed by atoms with Crippen LogP contribution in [-0.4, -0.2) is 64.6 Å². The largest absolute Gasteiger partial charge is 0.383 e. The van der Waals surface area contributed by atoms with Crippen LogP contribution in [0, 0.1) is 5.92 Å². The number of methoxy groups -OCH3 is 2. The summed E-state index contributed by atoms with van der Waals surface area (Å²) < 4.78 is 10.6. The highest BCUT2D eigenvalue weighted by Gasteiger charge is 2.26. The van der Waals surface area contributed by atoms with E-state index in [4.69, 9.17) is 9.47 Å². The van der Waals surface area contributed by atoms with Gasteiger partial charge in [0.25, 0.3) is 0 Å². The van der Waals surface area contributed by atoms with E-state index < -0.39 is 0 Å². The molecule has 0 bridgehead atoms. The third kappa shape index (κ3) is 6.08. The van der Waals surface area contributed by atoms with Gasteiger partial charge in [-0.05, 0) is 32.7 Å². The average molecular weight is 286 g/mol. The molecule has 0 heterocycles. The molecule has 4 heteroatoms. The normalized spacial score (nSPS) is 25.6. The van der Waals surface area contributed by atoms with Crippen LogP contribution in [0.4, 0.5) is 0 Å². The number of nitrogens with one attached hydrogen (secondary N) is 1. The van der Waals surface area contributed by atoms with Crippen molar-refractivity contribution < 1.29 is 9.47 Å². The second-order valence-electron chi connectivity index (χ2n) is 6.09. The molecule has 3 unspecified atom stereocenters. The van der Waals surface area contributed by atoms with E-state index in [0.29, 0.717) is 12.1 Å². The van der Waals surface area contributed by atoms with Crippen LogP contribution in [0.2, 0.25) is 0 Å². The zero-order chi connectivity index (χ0) is 14.8. The minimum absolute atomic E-state index is 0.455. The van der Waals surface area contributed by atoms with Crippen molar-refractivity contribution in [1.82, 2.24) is 10.2 Å². The molecule has 1 saturated carbocycles. The van der Waals surface area contributed by atoms with Gasteiger partial charge in [0, 0.05) is 39.4 Å². The first-order valence-electron chi connectivity index (χ1n) is 8.12. The molecular formula is C16H34N2O2. The van der Waals surface area contributed by atoms with Gasteiger partial charge in [-0.1, -0.05) is 19.3 Å². The van der Waals surface area contributed by atoms with Crippen LogP contribution >= 0.6 is 0 Å². The molecule has 0 aromatic carbocycles. The molecule has 0 spiro atoms. The van der Waals surface area contributed by atoms with E-state index in [1.807, 2.05) is 0 Å². The summed E-state index contributed by atoms with van der Waals surface area (Å²) in [5.41, 5.74) is 0. The molecule has 4 nitrogen and oxygen atoms in total. The summed E-state index contributed by atoms with van der Waals surface area (Å²) in [6.45, 7) is 5.99. The Balaban J connectivity index is 2.59. The van der Waals surface area contributed by atoms with Crippen molar-refractivity contribution in [1.29, 1.82) is 0 Å². The van der Waals surface area contributed by atoms with Crippen LogP contribution in [-0.2, 0) is 9.47 Å². The van der Waals surface area contributed by atoms with Gasteiger partial charge in [0.1, 0.15) is 0 Å². The van der Waals surface area contributed by atoms with Gasteiger partial charge in [0.15, 0.2) is 0 Å². The summed E-state index contributed by atoms with van der Waals surface area (Å²) in [6, 6.07) is 1.12. The third-order valence-corrected chi connectivity index (χ3v) is 4.61. The molecule has 1 fully saturated rings. The van der Waals surface area contributed by atoms with E-state index in [1.54, 1.807) is 14.2 Å². The molecule has 0 radical (unpaired) electrons. The maximum atomic E-state index is 5.33. The molecule has 0 aromatic rings. The summed E-state index contributed by atoms with van der Waals surface area (Å²) in [7, 11) is 5.68. The quantitative estimate of drug-likeness (QED) is 0.659. The monoisotopic (exact) mass is 286 g/mol. The Bertz CT molecular complexity index is 239. The van der Waals surface area contributed by atoms with Gasteiger partial charge in [-0.15, -0.1) is 0 Å². The SMILES string of the molecule is CNC1CCCCCC1CN(CCOC)C(C)COC. The first-order valence-corrected chi connectivity index (χ1v) is 8.12. The molecule has 1 aliphatic rings. The van der Waals surface area contributed by atoms with Crippen molar-refractivity contribution in [3.8, 4) is 0 Å². The maximum absolute atomic E-state index is 5.33. The highest BCUT2D eigenvalue weighted by Crippen LogP contribution is 2.24. The second kappa shape index (κ2) is 10.6. The van der Waals surface area contributed by atoms with Gasteiger partial charge in [-0.2, -0.15) is 0 Å². The predicted molar refractivity (Wildman–Crippen MR) is 84.2 cm³/mol. The van der Waals surface area contributed by atoms with Crippen LogP contribution < -0.4 is 5.32 Å². The fourth-order valence-electron chi connectivity index (χ4n) is 3.33. The zero-order valence-electron chi connectivity index (χ0n) is 13.9. The summed E-state index contributed by atoms with van der Waals surface area (Å²) in [4.78, 5) is 2.54. The Kier molecular flexibility index (Phi) is 9.44. The van der Waals surface area contributed by atoms with Crippen molar-refractivity contribution >= 4 is 0 Å². The molecule has 1 N–H and O–H groups in total. The standard InChI is InChI=1S/C16H34N2O2/c1-14(13-20-4)18(10-11-19-3)12-15-8-6-5-7-9-16(15)17-2/h14-17H,5-13H2,1-4H3. The summed E-state index contributed by atoms with van der Waals surface area (Å²) in [5.74, 6) is 0.749. The van der Waals surface area contributed by atoms with Gasteiger partial charge >= 0.3 is 0 Å². The fraction of sp³-hybridized carbons (Fsp3) is 1.00. The summed E-state index contributed by atoms with van der Waals surface area (Å²) >= 11 is 0. The average Bonchev–Trinajstić information content (AvgIpc) is 2.68. The van der Waals surface area contributed by atoms with E-state index in [2.05, 4.69) is 24.2 Å². The van der Waals surface area contributed by atoms with Gasteiger partial charge in [0.05, 0.1) is 13.2 Å². The number of ether oxygens (including phenoxy) is 2. The topological polar surface area (TPSA) is 33.7 Å². The molecular weight excluding hydrogens is 252 g/mol. The lowest BCUT2D eigenvalue weighted by molar-refractivity contribution is 0.0594. The van der Waals surface area contributed by atoms with Gasteiger partial charge in [-0.25, -0.2) is 0 Å². The molecule has 0 saturated heterocycles. The van der Waals surface area contributed by atoms with Gasteiger partial charge in [-0.3, -0.25) is 4.90 Å². The highest BCUT2D eigenvalue weighted by atomic mass is 16.5. The molecule has 0 amide bonds. The summed E-state index contributed by atoms with van der Waals surface area (Å²) in [5, 5.41) is 3.54. The van der Waals surface area contributed by atoms with E-state index in [1.165, 1.54) is 32.1 Å². The lowest BCUT2D eigenvalue weighted by atomic mass is 9.93. The highest BCUT2D eigenvalue weighted by molar-refractivity contribution is 4.82. The third-order valence-electron chi connectivity index (χ3n) is 4.61. The van der Waals surface area contributed by atoms with Crippen LogP contribution in [0.3, 0.4) is 0 Å². The molecule has 1 aliphatic carbocycles. The molecule has 3 atom stereocenters. The van der Waals surface area contributed by atoms with E-state index in [0.717, 1.165) is 32.2 Å². The van der Waals surface area contributed by atoms with Crippen LogP contribution in [0.1, 0.15) is 39.0 Å². The molecule has 20 heavy (non-hydrogen) atoms. The fourth-order valence-corrected chi connectivity index (χ4v) is 3.33. The zero-order valence-corrected chi connectivity index (χ0v) is 13.9. The first kappa shape index (κ1) is 17.9. The van der Waals surface area contributed by atoms with Crippen molar-refractivity contribution in [3.05, 3.63) is 0 Å². The number of hydrogen-bond acceptors (Lipinski definition) is 4. The smallest absolute Gasteiger partial charge is 0.0615 e. The molecule has 120 valence electrons. The van der Waals surface area contributed by atoms with Crippen molar-refractivity contribution in [2.75, 3.05) is 47.6 Å². The molecule has 1 rings (SSSR count). The van der Waals surface area contributed by atoms with Crippen LogP contribution in [0.25, 0.3) is 0 Å². The van der Waals surface area contributed by atoms with Crippen molar-refractivity contribution in [3.63, 3.8) is 0 Å². The Labute approximate surface area is 125 Å². The van der Waals surface area contributed by atoms with Gasteiger partial charge < -0.3 is 14.8 Å². The van der Waals surface area contributed by atoms with Gasteiger partial charge in [0.2, 0.25) is 0 Å². The van der Waals surface area contributed by atoms with E-state index >= 15 is 0 Å². The summed E-state index contributed by atoms with van der Waals surface area (Å²) in [6.07, 6.45) is 6.79. The van der Waals surface area contributed by atoms with E-state index in [9.17, 15) is 0 Å². The van der Waals surface area contributed by atoms with E-state index in [-0.39, 0.29) is 0 Å². The second-order valence-corrected chi connectivity index (χ2v) is 6.09. The van der Waals surface area contributed by atoms with Crippen molar-refractivity contribution in [2.45, 2.75) is 51.1 Å². The predicted octanol–water partition coefficient (Wildman–Crippen LogP) is 2.14. The molecule has 0 aliphatic heterocycles. The number of rotatable bonds is 9. The minimum Gasteiger partial charge on any atom is -0.383 e. The molecule has 0 aromatic heterocycles.